The van der Waals surface area contributed by atoms with E-state index >= 15 is 0 Å². The third kappa shape index (κ3) is 2.38. The molecule has 3 aliphatic rings. The van der Waals surface area contributed by atoms with Gasteiger partial charge in [0.25, 0.3) is 0 Å². The zero-order valence-corrected chi connectivity index (χ0v) is 16.6. The first kappa shape index (κ1) is 19.6. The summed E-state index contributed by atoms with van der Waals surface area (Å²) in [4.78, 5) is 0. The maximum atomic E-state index is 13.7. The van der Waals surface area contributed by atoms with Crippen molar-refractivity contribution in [3.05, 3.63) is 29.3 Å². The number of rotatable bonds is 3. The molecule has 4 nitrogen and oxygen atoms in total. The molecule has 28 heavy (non-hydrogen) atoms. The van der Waals surface area contributed by atoms with Crippen LogP contribution in [-0.4, -0.2) is 19.2 Å². The van der Waals surface area contributed by atoms with Crippen molar-refractivity contribution in [1.29, 1.82) is 5.26 Å². The van der Waals surface area contributed by atoms with Crippen molar-refractivity contribution < 1.29 is 21.6 Å². The molecule has 0 unspecified atom stereocenters. The average Bonchev–Trinajstić information content (AvgIpc) is 3.25. The van der Waals surface area contributed by atoms with Gasteiger partial charge in [0.1, 0.15) is 0 Å². The monoisotopic (exact) mass is 412 g/mol. The van der Waals surface area contributed by atoms with Crippen molar-refractivity contribution >= 4 is 15.7 Å². The highest BCUT2D eigenvalue weighted by Crippen LogP contribution is 2.65. The van der Waals surface area contributed by atoms with Crippen LogP contribution in [0.5, 0.6) is 0 Å². The van der Waals surface area contributed by atoms with E-state index in [1.54, 1.807) is 13.0 Å². The van der Waals surface area contributed by atoms with Crippen molar-refractivity contribution in [2.24, 2.45) is 17.8 Å². The number of hydrogen-bond donors (Lipinski definition) is 0. The van der Waals surface area contributed by atoms with Crippen LogP contribution < -0.4 is 4.31 Å². The summed E-state index contributed by atoms with van der Waals surface area (Å²) in [6.07, 6.45) is -0.590. The molecule has 3 fully saturated rings. The minimum Gasteiger partial charge on any atom is -0.266 e. The fourth-order valence-corrected chi connectivity index (χ4v) is 8.88. The first-order valence-electron chi connectivity index (χ1n) is 9.72. The second-order valence-corrected chi connectivity index (χ2v) is 10.7. The highest BCUT2D eigenvalue weighted by molar-refractivity contribution is 7.94. The molecule has 0 N–H and O–H groups in total. The molecule has 4 rings (SSSR count). The zero-order chi connectivity index (χ0) is 20.5. The van der Waals surface area contributed by atoms with Crippen molar-refractivity contribution in [2.75, 3.05) is 4.31 Å². The van der Waals surface area contributed by atoms with Gasteiger partial charge >= 0.3 is 6.18 Å². The third-order valence-electron chi connectivity index (χ3n) is 7.25. The van der Waals surface area contributed by atoms with E-state index in [9.17, 15) is 21.6 Å². The molecule has 0 spiro atoms. The minimum absolute atomic E-state index is 0.0276. The Morgan fingerprint density at radius 2 is 2.04 bits per heavy atom. The fraction of sp³-hybridized carbons (Fsp3) is 0.650. The van der Waals surface area contributed by atoms with Crippen LogP contribution >= 0.6 is 0 Å². The summed E-state index contributed by atoms with van der Waals surface area (Å²) >= 11 is 0. The SMILES string of the molecule is CCC[C@@H]1[C@H]2[C@@H]3CC[C@@H](C3)[C@@]2(C)S(=O)(=O)N1c1ccc(C#N)c(C(F)(F)F)c1. The number of benzene rings is 1. The molecule has 8 heteroatoms. The molecule has 2 saturated carbocycles. The molecule has 0 amide bonds. The molecule has 2 bridgehead atoms. The molecule has 0 aromatic heterocycles. The standard InChI is InChI=1S/C20H23F3N2O2S/c1-3-4-17-18-12-5-7-14(9-12)19(18,2)28(26,27)25(17)15-8-6-13(11-24)16(10-15)20(21,22)23/h6,8,10,12,14,17-18H,3-5,7,9H2,1-2H3/t12-,14+,17-,18-,19-/m1/s1. The predicted octanol–water partition coefficient (Wildman–Crippen LogP) is 4.70. The van der Waals surface area contributed by atoms with Crippen LogP contribution in [0.3, 0.4) is 0 Å². The molecule has 2 aliphatic carbocycles. The smallest absolute Gasteiger partial charge is 0.266 e. The maximum absolute atomic E-state index is 13.7. The maximum Gasteiger partial charge on any atom is 0.417 e. The van der Waals surface area contributed by atoms with Gasteiger partial charge in [0.05, 0.1) is 27.6 Å². The Morgan fingerprint density at radius 1 is 1.32 bits per heavy atom. The summed E-state index contributed by atoms with van der Waals surface area (Å²) in [7, 11) is -3.82. The lowest BCUT2D eigenvalue weighted by Gasteiger charge is -2.34. The quantitative estimate of drug-likeness (QED) is 0.723. The van der Waals surface area contributed by atoms with Crippen molar-refractivity contribution in [3.8, 4) is 6.07 Å². The van der Waals surface area contributed by atoms with Gasteiger partial charge in [-0.1, -0.05) is 13.3 Å². The topological polar surface area (TPSA) is 61.2 Å². The number of nitrogens with zero attached hydrogens (tertiary/aromatic N) is 2. The normalized spacial score (nSPS) is 35.8. The summed E-state index contributed by atoms with van der Waals surface area (Å²) in [5.74, 6) is 0.324. The van der Waals surface area contributed by atoms with E-state index in [0.29, 0.717) is 12.3 Å². The van der Waals surface area contributed by atoms with Gasteiger partial charge in [0.15, 0.2) is 0 Å². The number of halogens is 3. The van der Waals surface area contributed by atoms with Gasteiger partial charge < -0.3 is 0 Å². The number of alkyl halides is 3. The molecule has 0 radical (unpaired) electrons. The van der Waals surface area contributed by atoms with Crippen molar-refractivity contribution in [2.45, 2.75) is 62.9 Å². The second kappa shape index (κ2) is 6.12. The van der Waals surface area contributed by atoms with E-state index in [4.69, 9.17) is 5.26 Å². The second-order valence-electron chi connectivity index (χ2n) is 8.48. The molecule has 1 aliphatic heterocycles. The van der Waals surface area contributed by atoms with E-state index in [-0.39, 0.29) is 23.6 Å². The Morgan fingerprint density at radius 3 is 2.64 bits per heavy atom. The molecule has 152 valence electrons. The van der Waals surface area contributed by atoms with E-state index in [0.717, 1.165) is 37.8 Å². The average molecular weight is 412 g/mol. The van der Waals surface area contributed by atoms with Crippen LogP contribution in [0.1, 0.15) is 57.1 Å². The van der Waals surface area contributed by atoms with Crippen LogP contribution in [0.25, 0.3) is 0 Å². The molecular weight excluding hydrogens is 389 g/mol. The van der Waals surface area contributed by atoms with Crippen molar-refractivity contribution in [3.63, 3.8) is 0 Å². The van der Waals surface area contributed by atoms with Crippen LogP contribution in [0.4, 0.5) is 18.9 Å². The Bertz CT molecular complexity index is 953. The molecule has 1 aromatic rings. The summed E-state index contributed by atoms with van der Waals surface area (Å²) in [6.45, 7) is 3.77. The van der Waals surface area contributed by atoms with Gasteiger partial charge in [-0.15, -0.1) is 0 Å². The Balaban J connectivity index is 1.89. The number of anilines is 1. The summed E-state index contributed by atoms with van der Waals surface area (Å²) in [5, 5.41) is 9.05. The first-order chi connectivity index (χ1) is 13.1. The van der Waals surface area contributed by atoms with Gasteiger partial charge in [-0.2, -0.15) is 18.4 Å². The summed E-state index contributed by atoms with van der Waals surface area (Å²) < 4.78 is 68.1. The van der Waals surface area contributed by atoms with E-state index in [1.807, 2.05) is 6.92 Å². The third-order valence-corrected chi connectivity index (χ3v) is 9.97. The van der Waals surface area contributed by atoms with Crippen LogP contribution in [0.2, 0.25) is 0 Å². The Labute approximate surface area is 163 Å². The Hall–Kier alpha value is -1.75. The van der Waals surface area contributed by atoms with Gasteiger partial charge in [-0.25, -0.2) is 8.42 Å². The number of nitriles is 1. The lowest BCUT2D eigenvalue weighted by Crippen LogP contribution is -2.44. The van der Waals surface area contributed by atoms with E-state index < -0.39 is 32.1 Å². The van der Waals surface area contributed by atoms with Crippen LogP contribution in [0.15, 0.2) is 18.2 Å². The number of hydrogen-bond acceptors (Lipinski definition) is 3. The summed E-state index contributed by atoms with van der Waals surface area (Å²) in [5.41, 5.74) is -1.55. The molecular formula is C20H23F3N2O2S. The van der Waals surface area contributed by atoms with Crippen LogP contribution in [0, 0.1) is 29.1 Å². The summed E-state index contributed by atoms with van der Waals surface area (Å²) in [6, 6.07) is 4.50. The van der Waals surface area contributed by atoms with E-state index in [2.05, 4.69) is 0 Å². The molecule has 1 heterocycles. The number of sulfonamides is 1. The van der Waals surface area contributed by atoms with Gasteiger partial charge in [-0.3, -0.25) is 4.31 Å². The zero-order valence-electron chi connectivity index (χ0n) is 15.8. The lowest BCUT2D eigenvalue weighted by atomic mass is 9.74. The largest absolute Gasteiger partial charge is 0.417 e. The molecule has 5 atom stereocenters. The minimum atomic E-state index is -4.72. The number of fused-ring (bicyclic) bond motifs is 5. The lowest BCUT2D eigenvalue weighted by molar-refractivity contribution is -0.137. The van der Waals surface area contributed by atoms with Crippen molar-refractivity contribution in [1.82, 2.24) is 0 Å². The molecule has 1 saturated heterocycles. The predicted molar refractivity (Wildman–Crippen MR) is 99.0 cm³/mol. The van der Waals surface area contributed by atoms with Gasteiger partial charge in [0.2, 0.25) is 10.0 Å². The van der Waals surface area contributed by atoms with E-state index in [1.165, 1.54) is 10.4 Å². The fourth-order valence-electron chi connectivity index (χ4n) is 6.14. The van der Waals surface area contributed by atoms with Gasteiger partial charge in [0, 0.05) is 12.0 Å². The molecule has 1 aromatic carbocycles. The first-order valence-corrected chi connectivity index (χ1v) is 11.2. The Kier molecular flexibility index (Phi) is 4.28. The van der Waals surface area contributed by atoms with Crippen LogP contribution in [-0.2, 0) is 16.2 Å². The highest BCUT2D eigenvalue weighted by Gasteiger charge is 2.71. The highest BCUT2D eigenvalue weighted by atomic mass is 32.2. The van der Waals surface area contributed by atoms with Gasteiger partial charge in [-0.05, 0) is 62.6 Å².